The molecule has 1 spiro atoms. The van der Waals surface area contributed by atoms with E-state index in [9.17, 15) is 0 Å². The topological polar surface area (TPSA) is 60.6 Å². The highest BCUT2D eigenvalue weighted by Crippen LogP contribution is 2.38. The average Bonchev–Trinajstić information content (AvgIpc) is 3.21. The lowest BCUT2D eigenvalue weighted by Crippen LogP contribution is -2.42. The first-order valence-electron chi connectivity index (χ1n) is 9.04. The Morgan fingerprint density at radius 1 is 1.28 bits per heavy atom. The van der Waals surface area contributed by atoms with Crippen molar-refractivity contribution in [1.82, 2.24) is 15.0 Å². The molecule has 1 fully saturated rings. The van der Waals surface area contributed by atoms with Crippen LogP contribution in [-0.4, -0.2) is 39.8 Å². The fourth-order valence-electron chi connectivity index (χ4n) is 3.65. The van der Waals surface area contributed by atoms with Gasteiger partial charge in [-0.15, -0.1) is 0 Å². The number of fused-ring (bicyclic) bond motifs is 1. The second-order valence-electron chi connectivity index (χ2n) is 7.32. The predicted molar refractivity (Wildman–Crippen MR) is 92.2 cm³/mol. The highest BCUT2D eigenvalue weighted by molar-refractivity contribution is 5.36. The van der Waals surface area contributed by atoms with Crippen LogP contribution in [0.1, 0.15) is 44.0 Å². The highest BCUT2D eigenvalue weighted by Gasteiger charge is 2.42. The number of aromatic nitrogens is 2. The zero-order valence-electron chi connectivity index (χ0n) is 14.9. The van der Waals surface area contributed by atoms with Crippen molar-refractivity contribution in [3.8, 4) is 5.75 Å². The molecular formula is C19H25N3O3. The van der Waals surface area contributed by atoms with Gasteiger partial charge in [0.25, 0.3) is 0 Å². The van der Waals surface area contributed by atoms with Crippen LogP contribution in [0.4, 0.5) is 0 Å². The normalized spacial score (nSPS) is 23.2. The van der Waals surface area contributed by atoms with Gasteiger partial charge in [-0.2, -0.15) is 4.98 Å². The number of benzene rings is 1. The van der Waals surface area contributed by atoms with Crippen LogP contribution in [0.2, 0.25) is 0 Å². The number of hydrogen-bond donors (Lipinski definition) is 0. The second kappa shape index (κ2) is 6.77. The van der Waals surface area contributed by atoms with Crippen molar-refractivity contribution in [3.05, 3.63) is 41.5 Å². The molecule has 0 saturated carbocycles. The first kappa shape index (κ1) is 16.5. The molecule has 2 aliphatic heterocycles. The molecule has 1 unspecified atom stereocenters. The Morgan fingerprint density at radius 3 is 3.04 bits per heavy atom. The van der Waals surface area contributed by atoms with Gasteiger partial charge in [0, 0.05) is 19.5 Å². The Bertz CT molecular complexity index is 730. The summed E-state index contributed by atoms with van der Waals surface area (Å²) in [6.07, 6.45) is 3.35. The minimum Gasteiger partial charge on any atom is -0.486 e. The number of ether oxygens (including phenoxy) is 2. The van der Waals surface area contributed by atoms with E-state index in [4.69, 9.17) is 14.0 Å². The first-order valence-corrected chi connectivity index (χ1v) is 9.04. The molecule has 4 rings (SSSR count). The van der Waals surface area contributed by atoms with Crippen LogP contribution in [0, 0.1) is 0 Å². The second-order valence-corrected chi connectivity index (χ2v) is 7.32. The van der Waals surface area contributed by atoms with Gasteiger partial charge in [-0.1, -0.05) is 23.4 Å². The molecule has 2 aromatic rings. The Hall–Kier alpha value is -1.92. The standard InChI is InChI=1S/C19H25N3O3/c1-14(2)23-12-17-20-18(25-21-17)11-22-10-9-19(13-22)8-7-15-5-3-4-6-16(15)24-19/h3-6,14H,7-13H2,1-2H3. The van der Waals surface area contributed by atoms with Crippen molar-refractivity contribution < 1.29 is 14.0 Å². The average molecular weight is 343 g/mol. The Kier molecular flexibility index (Phi) is 4.48. The molecule has 1 aromatic heterocycles. The smallest absolute Gasteiger partial charge is 0.240 e. The summed E-state index contributed by atoms with van der Waals surface area (Å²) in [5.41, 5.74) is 1.25. The first-order chi connectivity index (χ1) is 12.1. The number of rotatable bonds is 5. The van der Waals surface area contributed by atoms with E-state index in [-0.39, 0.29) is 11.7 Å². The number of nitrogens with zero attached hydrogens (tertiary/aromatic N) is 3. The lowest BCUT2D eigenvalue weighted by atomic mass is 9.90. The van der Waals surface area contributed by atoms with E-state index in [0.717, 1.165) is 38.1 Å². The monoisotopic (exact) mass is 343 g/mol. The molecule has 0 bridgehead atoms. The van der Waals surface area contributed by atoms with E-state index in [1.165, 1.54) is 5.56 Å². The van der Waals surface area contributed by atoms with Gasteiger partial charge in [0.1, 0.15) is 18.0 Å². The van der Waals surface area contributed by atoms with Gasteiger partial charge >= 0.3 is 0 Å². The number of aryl methyl sites for hydroxylation is 1. The number of para-hydroxylation sites is 1. The molecule has 0 aliphatic carbocycles. The minimum absolute atomic E-state index is 0.0715. The maximum atomic E-state index is 6.39. The highest BCUT2D eigenvalue weighted by atomic mass is 16.5. The van der Waals surface area contributed by atoms with Crippen molar-refractivity contribution >= 4 is 0 Å². The molecule has 6 nitrogen and oxygen atoms in total. The van der Waals surface area contributed by atoms with Gasteiger partial charge in [0.05, 0.1) is 12.6 Å². The van der Waals surface area contributed by atoms with E-state index in [0.29, 0.717) is 24.9 Å². The third-order valence-electron chi connectivity index (χ3n) is 4.96. The Morgan fingerprint density at radius 2 is 2.16 bits per heavy atom. The van der Waals surface area contributed by atoms with Gasteiger partial charge in [-0.05, 0) is 38.3 Å². The van der Waals surface area contributed by atoms with Crippen LogP contribution < -0.4 is 4.74 Å². The predicted octanol–water partition coefficient (Wildman–Crippen LogP) is 2.96. The van der Waals surface area contributed by atoms with Crippen molar-refractivity contribution in [2.75, 3.05) is 13.1 Å². The van der Waals surface area contributed by atoms with Gasteiger partial charge < -0.3 is 14.0 Å². The third kappa shape index (κ3) is 3.70. The quantitative estimate of drug-likeness (QED) is 0.832. The summed E-state index contributed by atoms with van der Waals surface area (Å²) in [7, 11) is 0. The van der Waals surface area contributed by atoms with Crippen LogP contribution in [0.5, 0.6) is 5.75 Å². The van der Waals surface area contributed by atoms with Gasteiger partial charge in [0.15, 0.2) is 5.82 Å². The summed E-state index contributed by atoms with van der Waals surface area (Å²) in [5, 5.41) is 3.99. The summed E-state index contributed by atoms with van der Waals surface area (Å²) in [6, 6.07) is 8.37. The van der Waals surface area contributed by atoms with Crippen molar-refractivity contribution in [1.29, 1.82) is 0 Å². The fourth-order valence-corrected chi connectivity index (χ4v) is 3.65. The molecule has 1 aromatic carbocycles. The number of likely N-dealkylation sites (tertiary alicyclic amines) is 1. The maximum absolute atomic E-state index is 6.39. The Labute approximate surface area is 148 Å². The molecule has 0 N–H and O–H groups in total. The van der Waals surface area contributed by atoms with E-state index in [2.05, 4.69) is 33.2 Å². The van der Waals surface area contributed by atoms with Crippen LogP contribution >= 0.6 is 0 Å². The summed E-state index contributed by atoms with van der Waals surface area (Å²) in [4.78, 5) is 6.77. The Balaban J connectivity index is 1.36. The minimum atomic E-state index is -0.0715. The molecular weight excluding hydrogens is 318 g/mol. The molecule has 1 atom stereocenters. The molecule has 0 amide bonds. The van der Waals surface area contributed by atoms with Crippen LogP contribution in [0.25, 0.3) is 0 Å². The van der Waals surface area contributed by atoms with Crippen LogP contribution in [0.15, 0.2) is 28.8 Å². The molecule has 25 heavy (non-hydrogen) atoms. The lowest BCUT2D eigenvalue weighted by Gasteiger charge is -2.35. The van der Waals surface area contributed by atoms with E-state index >= 15 is 0 Å². The van der Waals surface area contributed by atoms with Crippen molar-refractivity contribution in [2.45, 2.75) is 58.0 Å². The zero-order chi connectivity index (χ0) is 17.3. The molecule has 3 heterocycles. The summed E-state index contributed by atoms with van der Waals surface area (Å²) >= 11 is 0. The maximum Gasteiger partial charge on any atom is 0.240 e. The summed E-state index contributed by atoms with van der Waals surface area (Å²) < 4.78 is 17.3. The number of hydrogen-bond acceptors (Lipinski definition) is 6. The molecule has 0 radical (unpaired) electrons. The van der Waals surface area contributed by atoms with Crippen molar-refractivity contribution in [3.63, 3.8) is 0 Å². The third-order valence-corrected chi connectivity index (χ3v) is 4.96. The molecule has 6 heteroatoms. The SMILES string of the molecule is CC(C)OCc1noc(CN2CCC3(CCc4ccccc4O3)C2)n1. The van der Waals surface area contributed by atoms with E-state index in [1.54, 1.807) is 0 Å². The van der Waals surface area contributed by atoms with Crippen LogP contribution in [-0.2, 0) is 24.3 Å². The van der Waals surface area contributed by atoms with Crippen LogP contribution in [0.3, 0.4) is 0 Å². The molecule has 2 aliphatic rings. The van der Waals surface area contributed by atoms with E-state index < -0.39 is 0 Å². The zero-order valence-corrected chi connectivity index (χ0v) is 14.9. The summed E-state index contributed by atoms with van der Waals surface area (Å²) in [6.45, 7) is 6.94. The van der Waals surface area contributed by atoms with E-state index in [1.807, 2.05) is 19.9 Å². The van der Waals surface area contributed by atoms with Crippen molar-refractivity contribution in [2.24, 2.45) is 0 Å². The van der Waals surface area contributed by atoms with Gasteiger partial charge in [0.2, 0.25) is 5.89 Å². The fraction of sp³-hybridized carbons (Fsp3) is 0.579. The molecule has 134 valence electrons. The van der Waals surface area contributed by atoms with Gasteiger partial charge in [-0.3, -0.25) is 4.90 Å². The summed E-state index contributed by atoms with van der Waals surface area (Å²) in [5.74, 6) is 2.30. The largest absolute Gasteiger partial charge is 0.486 e. The molecule has 1 saturated heterocycles. The van der Waals surface area contributed by atoms with Gasteiger partial charge in [-0.25, -0.2) is 0 Å². The lowest BCUT2D eigenvalue weighted by molar-refractivity contribution is 0.0525.